The summed E-state index contributed by atoms with van der Waals surface area (Å²) in [5, 5.41) is 0.341. The van der Waals surface area contributed by atoms with Crippen LogP contribution in [0, 0.1) is 0 Å². The fraction of sp³-hybridized carbons (Fsp3) is 0.909. The highest BCUT2D eigenvalue weighted by atomic mass is 31.1. The molecule has 0 N–H and O–H groups in total. The Balaban J connectivity index is 1.90. The van der Waals surface area contributed by atoms with Crippen molar-refractivity contribution in [2.24, 2.45) is 4.99 Å². The van der Waals surface area contributed by atoms with E-state index in [2.05, 4.69) is 13.1 Å². The van der Waals surface area contributed by atoms with E-state index in [0.717, 1.165) is 14.2 Å². The fourth-order valence-electron chi connectivity index (χ4n) is 2.49. The Kier molecular flexibility index (Phi) is 3.03. The topological polar surface area (TPSA) is 12.4 Å². The molecule has 13 heavy (non-hydrogen) atoms. The third-order valence-electron chi connectivity index (χ3n) is 3.24. The lowest BCUT2D eigenvalue weighted by Gasteiger charge is -2.30. The second-order valence-corrected chi connectivity index (χ2v) is 6.79. The number of hydrogen-bond donors (Lipinski definition) is 0. The summed E-state index contributed by atoms with van der Waals surface area (Å²) >= 11 is 0. The van der Waals surface area contributed by atoms with E-state index in [0.29, 0.717) is 5.28 Å². The normalized spacial score (nSPS) is 36.4. The summed E-state index contributed by atoms with van der Waals surface area (Å²) in [7, 11) is 1.09. The average molecular weight is 197 g/mol. The van der Waals surface area contributed by atoms with Crippen molar-refractivity contribution in [2.75, 3.05) is 0 Å². The molecule has 2 heteroatoms. The number of hydrogen-bond acceptors (Lipinski definition) is 1. The second-order valence-electron chi connectivity index (χ2n) is 4.60. The molecule has 0 aromatic carbocycles. The molecule has 1 fully saturated rings. The average Bonchev–Trinajstić information content (AvgIpc) is 2.57. The molecule has 1 aliphatic heterocycles. The van der Waals surface area contributed by atoms with E-state index >= 15 is 0 Å². The van der Waals surface area contributed by atoms with Crippen LogP contribution in [0.15, 0.2) is 4.99 Å². The Bertz CT molecular complexity index is 196. The van der Waals surface area contributed by atoms with Gasteiger partial charge in [-0.05, 0) is 50.9 Å². The molecule has 0 spiro atoms. The first-order valence-electron chi connectivity index (χ1n) is 5.60. The monoisotopic (exact) mass is 197 g/mol. The molecule has 1 saturated carbocycles. The van der Waals surface area contributed by atoms with Crippen molar-refractivity contribution < 1.29 is 0 Å². The van der Waals surface area contributed by atoms with Crippen molar-refractivity contribution in [3.05, 3.63) is 0 Å². The largest absolute Gasteiger partial charge is 0.287 e. The first-order valence-corrected chi connectivity index (χ1v) is 6.68. The maximum atomic E-state index is 4.71. The highest BCUT2D eigenvalue weighted by Gasteiger charge is 2.29. The van der Waals surface area contributed by atoms with Gasteiger partial charge in [-0.1, -0.05) is 21.4 Å². The Morgan fingerprint density at radius 1 is 1.31 bits per heavy atom. The van der Waals surface area contributed by atoms with Crippen LogP contribution < -0.4 is 0 Å². The van der Waals surface area contributed by atoms with Crippen LogP contribution >= 0.6 is 8.58 Å². The van der Waals surface area contributed by atoms with E-state index in [4.69, 9.17) is 4.99 Å². The minimum atomic E-state index is 0.341. The lowest BCUT2D eigenvalue weighted by Crippen LogP contribution is -2.21. The van der Waals surface area contributed by atoms with Crippen molar-refractivity contribution in [1.82, 2.24) is 0 Å². The molecule has 0 radical (unpaired) electrons. The molecular weight excluding hydrogens is 177 g/mol. The number of aliphatic imine (C=N–C) groups is 1. The predicted octanol–water partition coefficient (Wildman–Crippen LogP) is 3.58. The molecular formula is C11H20NP. The SMILES string of the molecule is CC1(PC2CCCC2)CCCC=N1. The zero-order valence-corrected chi connectivity index (χ0v) is 9.55. The lowest BCUT2D eigenvalue weighted by molar-refractivity contribution is 0.560. The Labute approximate surface area is 83.2 Å². The molecule has 1 heterocycles. The van der Waals surface area contributed by atoms with E-state index in [-0.39, 0.29) is 0 Å². The van der Waals surface area contributed by atoms with Crippen molar-refractivity contribution in [3.8, 4) is 0 Å². The van der Waals surface area contributed by atoms with E-state index in [1.165, 1.54) is 44.9 Å². The third kappa shape index (κ3) is 2.53. The molecule has 2 unspecified atom stereocenters. The second kappa shape index (κ2) is 4.09. The molecule has 2 rings (SSSR count). The zero-order chi connectivity index (χ0) is 9.15. The summed E-state index contributed by atoms with van der Waals surface area (Å²) in [6.07, 6.45) is 12.0. The van der Waals surface area contributed by atoms with E-state index in [1.807, 2.05) is 0 Å². The summed E-state index contributed by atoms with van der Waals surface area (Å²) < 4.78 is 0. The van der Waals surface area contributed by atoms with Gasteiger partial charge in [0.1, 0.15) is 0 Å². The Morgan fingerprint density at radius 3 is 2.69 bits per heavy atom. The van der Waals surface area contributed by atoms with Crippen LogP contribution in [-0.2, 0) is 0 Å². The number of rotatable bonds is 2. The minimum Gasteiger partial charge on any atom is -0.287 e. The van der Waals surface area contributed by atoms with Crippen LogP contribution in [0.2, 0.25) is 0 Å². The van der Waals surface area contributed by atoms with Crippen molar-refractivity contribution in [1.29, 1.82) is 0 Å². The van der Waals surface area contributed by atoms with Gasteiger partial charge >= 0.3 is 0 Å². The van der Waals surface area contributed by atoms with E-state index < -0.39 is 0 Å². The lowest BCUT2D eigenvalue weighted by atomic mass is 10.1. The van der Waals surface area contributed by atoms with Gasteiger partial charge in [0, 0.05) is 0 Å². The molecule has 1 nitrogen and oxygen atoms in total. The van der Waals surface area contributed by atoms with Gasteiger partial charge in [-0.3, -0.25) is 4.99 Å². The standard InChI is InChI=1S/C11H20NP/c1-11(8-4-5-9-12-11)13-10-6-2-3-7-10/h9-10,13H,2-8H2,1H3. The van der Waals surface area contributed by atoms with Crippen LogP contribution in [-0.4, -0.2) is 17.2 Å². The number of nitrogens with zero attached hydrogens (tertiary/aromatic N) is 1. The predicted molar refractivity (Wildman–Crippen MR) is 61.3 cm³/mol. The first-order chi connectivity index (χ1) is 6.29. The highest BCUT2D eigenvalue weighted by Crippen LogP contribution is 2.47. The molecule has 1 aliphatic carbocycles. The van der Waals surface area contributed by atoms with Gasteiger partial charge < -0.3 is 0 Å². The minimum absolute atomic E-state index is 0.341. The summed E-state index contributed by atoms with van der Waals surface area (Å²) in [4.78, 5) is 4.71. The molecule has 0 saturated heterocycles. The Morgan fingerprint density at radius 2 is 2.08 bits per heavy atom. The maximum absolute atomic E-state index is 4.71. The zero-order valence-electron chi connectivity index (χ0n) is 8.55. The third-order valence-corrected chi connectivity index (χ3v) is 5.23. The Hall–Kier alpha value is 0.100. The maximum Gasteiger partial charge on any atom is 0.0740 e. The van der Waals surface area contributed by atoms with Crippen LogP contribution in [0.3, 0.4) is 0 Å². The molecule has 0 bridgehead atoms. The summed E-state index contributed by atoms with van der Waals surface area (Å²) in [6.45, 7) is 2.36. The van der Waals surface area contributed by atoms with Crippen molar-refractivity contribution >= 4 is 14.8 Å². The highest BCUT2D eigenvalue weighted by molar-refractivity contribution is 7.40. The smallest absolute Gasteiger partial charge is 0.0740 e. The first kappa shape index (κ1) is 9.65. The summed E-state index contributed by atoms with van der Waals surface area (Å²) in [5.41, 5.74) is 1.01. The van der Waals surface area contributed by atoms with Gasteiger partial charge in [-0.25, -0.2) is 0 Å². The van der Waals surface area contributed by atoms with Crippen LogP contribution in [0.4, 0.5) is 0 Å². The van der Waals surface area contributed by atoms with Gasteiger partial charge in [0.15, 0.2) is 0 Å². The summed E-state index contributed by atoms with van der Waals surface area (Å²) in [5.74, 6) is 0. The fourth-order valence-corrected chi connectivity index (χ4v) is 4.55. The van der Waals surface area contributed by atoms with Gasteiger partial charge in [-0.15, -0.1) is 0 Å². The van der Waals surface area contributed by atoms with Gasteiger partial charge in [-0.2, -0.15) is 0 Å². The van der Waals surface area contributed by atoms with Gasteiger partial charge in [0.2, 0.25) is 0 Å². The van der Waals surface area contributed by atoms with Crippen LogP contribution in [0.5, 0.6) is 0 Å². The quantitative estimate of drug-likeness (QED) is 0.600. The van der Waals surface area contributed by atoms with E-state index in [9.17, 15) is 0 Å². The molecule has 74 valence electrons. The van der Waals surface area contributed by atoms with Crippen molar-refractivity contribution in [3.63, 3.8) is 0 Å². The summed E-state index contributed by atoms with van der Waals surface area (Å²) in [6, 6.07) is 0. The molecule has 0 aromatic heterocycles. The van der Waals surface area contributed by atoms with Crippen LogP contribution in [0.25, 0.3) is 0 Å². The van der Waals surface area contributed by atoms with Crippen molar-refractivity contribution in [2.45, 2.75) is 62.8 Å². The van der Waals surface area contributed by atoms with Gasteiger partial charge in [0.25, 0.3) is 0 Å². The van der Waals surface area contributed by atoms with Crippen LogP contribution in [0.1, 0.15) is 51.9 Å². The molecule has 0 amide bonds. The van der Waals surface area contributed by atoms with E-state index in [1.54, 1.807) is 0 Å². The molecule has 0 aromatic rings. The van der Waals surface area contributed by atoms with Gasteiger partial charge in [0.05, 0.1) is 5.28 Å². The molecule has 2 aliphatic rings. The molecule has 2 atom stereocenters.